The molecule has 0 aromatic rings. The zero-order valence-electron chi connectivity index (χ0n) is 8.88. The minimum Gasteiger partial charge on any atom is -0.389 e. The van der Waals surface area contributed by atoms with Crippen molar-refractivity contribution in [2.24, 2.45) is 0 Å². The third kappa shape index (κ3) is 3.25. The Hall–Kier alpha value is -0.120. The highest BCUT2D eigenvalue weighted by Gasteiger charge is 2.41. The van der Waals surface area contributed by atoms with Gasteiger partial charge in [-0.05, 0) is 20.3 Å². The summed E-state index contributed by atoms with van der Waals surface area (Å²) in [6, 6.07) is 0. The summed E-state index contributed by atoms with van der Waals surface area (Å²) >= 11 is 0. The van der Waals surface area contributed by atoms with E-state index in [1.54, 1.807) is 13.8 Å². The lowest BCUT2D eigenvalue weighted by atomic mass is 9.88. The molecule has 1 rings (SSSR count). The second-order valence-corrected chi connectivity index (χ2v) is 4.93. The lowest BCUT2D eigenvalue weighted by molar-refractivity contribution is -0.123. The first-order valence-corrected chi connectivity index (χ1v) is 5.02. The van der Waals surface area contributed by atoms with E-state index in [0.29, 0.717) is 19.6 Å². The number of hydrogen-bond donors (Lipinski definition) is 2. The van der Waals surface area contributed by atoms with E-state index in [4.69, 9.17) is 0 Å². The van der Waals surface area contributed by atoms with Crippen LogP contribution in [0.1, 0.15) is 33.6 Å². The van der Waals surface area contributed by atoms with Crippen molar-refractivity contribution < 1.29 is 10.2 Å². The molecule has 0 unspecified atom stereocenters. The summed E-state index contributed by atoms with van der Waals surface area (Å²) in [4.78, 5) is 2.09. The van der Waals surface area contributed by atoms with Gasteiger partial charge in [-0.3, -0.25) is 4.90 Å². The van der Waals surface area contributed by atoms with Crippen molar-refractivity contribution in [2.45, 2.75) is 44.8 Å². The van der Waals surface area contributed by atoms with Crippen LogP contribution in [-0.2, 0) is 0 Å². The molecule has 0 spiro atoms. The van der Waals surface area contributed by atoms with Gasteiger partial charge >= 0.3 is 0 Å². The maximum atomic E-state index is 9.85. The van der Waals surface area contributed by atoms with Crippen molar-refractivity contribution >= 4 is 0 Å². The number of aliphatic hydroxyl groups is 2. The Morgan fingerprint density at radius 3 is 2.31 bits per heavy atom. The van der Waals surface area contributed by atoms with E-state index in [1.807, 2.05) is 0 Å². The molecule has 78 valence electrons. The molecule has 13 heavy (non-hydrogen) atoms. The van der Waals surface area contributed by atoms with Gasteiger partial charge in [-0.25, -0.2) is 0 Å². The van der Waals surface area contributed by atoms with E-state index in [-0.39, 0.29) is 0 Å². The van der Waals surface area contributed by atoms with Gasteiger partial charge < -0.3 is 10.2 Å². The van der Waals surface area contributed by atoms with E-state index in [9.17, 15) is 10.2 Å². The normalized spacial score (nSPS) is 22.8. The Morgan fingerprint density at radius 1 is 1.38 bits per heavy atom. The summed E-state index contributed by atoms with van der Waals surface area (Å²) in [6.45, 7) is 7.75. The smallest absolute Gasteiger partial charge is 0.0900 e. The minimum atomic E-state index is -0.645. The van der Waals surface area contributed by atoms with Crippen LogP contribution in [0.5, 0.6) is 0 Å². The molecule has 1 fully saturated rings. The summed E-state index contributed by atoms with van der Waals surface area (Å²) in [5.41, 5.74) is -1.12. The predicted molar refractivity (Wildman–Crippen MR) is 52.6 cm³/mol. The molecule has 0 aromatic carbocycles. The fourth-order valence-corrected chi connectivity index (χ4v) is 2.07. The second-order valence-electron chi connectivity index (χ2n) is 4.93. The molecule has 1 aliphatic heterocycles. The van der Waals surface area contributed by atoms with Crippen LogP contribution in [0.4, 0.5) is 0 Å². The van der Waals surface area contributed by atoms with Crippen LogP contribution in [-0.4, -0.2) is 45.9 Å². The van der Waals surface area contributed by atoms with Gasteiger partial charge in [-0.2, -0.15) is 0 Å². The molecular formula is C10H21NO2. The second kappa shape index (κ2) is 3.56. The van der Waals surface area contributed by atoms with Crippen LogP contribution < -0.4 is 0 Å². The largest absolute Gasteiger partial charge is 0.389 e. The maximum absolute atomic E-state index is 9.85. The van der Waals surface area contributed by atoms with Crippen molar-refractivity contribution in [3.63, 3.8) is 0 Å². The van der Waals surface area contributed by atoms with Crippen LogP contribution in [0.2, 0.25) is 0 Å². The number of rotatable bonds is 4. The molecule has 0 radical (unpaired) electrons. The van der Waals surface area contributed by atoms with E-state index in [0.717, 1.165) is 12.8 Å². The lowest BCUT2D eigenvalue weighted by Gasteiger charge is -2.48. The fraction of sp³-hybridized carbons (Fsp3) is 1.00. The highest BCUT2D eigenvalue weighted by molar-refractivity contribution is 4.96. The Labute approximate surface area is 80.4 Å². The molecule has 0 amide bonds. The van der Waals surface area contributed by atoms with Gasteiger partial charge in [0.2, 0.25) is 0 Å². The van der Waals surface area contributed by atoms with Crippen molar-refractivity contribution in [1.82, 2.24) is 4.90 Å². The zero-order chi connectivity index (χ0) is 10.1. The standard InChI is InChI=1S/C10H21NO2/c1-4-5-10(13)7-11(8-10)6-9(2,3)12/h12-13H,4-8H2,1-3H3. The zero-order valence-corrected chi connectivity index (χ0v) is 8.88. The van der Waals surface area contributed by atoms with Gasteiger partial charge in [-0.15, -0.1) is 0 Å². The quantitative estimate of drug-likeness (QED) is 0.677. The van der Waals surface area contributed by atoms with E-state index < -0.39 is 11.2 Å². The van der Waals surface area contributed by atoms with E-state index >= 15 is 0 Å². The third-order valence-electron chi connectivity index (χ3n) is 2.36. The molecule has 1 aliphatic rings. The highest BCUT2D eigenvalue weighted by atomic mass is 16.3. The van der Waals surface area contributed by atoms with Gasteiger partial charge in [0.1, 0.15) is 0 Å². The molecule has 1 saturated heterocycles. The van der Waals surface area contributed by atoms with Crippen LogP contribution >= 0.6 is 0 Å². The first kappa shape index (κ1) is 11.0. The monoisotopic (exact) mass is 187 g/mol. The molecule has 3 nitrogen and oxygen atoms in total. The summed E-state index contributed by atoms with van der Waals surface area (Å²) in [7, 11) is 0. The molecule has 0 aliphatic carbocycles. The topological polar surface area (TPSA) is 43.7 Å². The molecule has 2 N–H and O–H groups in total. The summed E-state index contributed by atoms with van der Waals surface area (Å²) in [5.74, 6) is 0. The Kier molecular flexibility index (Phi) is 3.00. The predicted octanol–water partition coefficient (Wildman–Crippen LogP) is 0.604. The molecule has 3 heteroatoms. The van der Waals surface area contributed by atoms with Crippen LogP contribution in [0.15, 0.2) is 0 Å². The molecule has 0 atom stereocenters. The summed E-state index contributed by atoms with van der Waals surface area (Å²) in [6.07, 6.45) is 1.89. The average Bonchev–Trinajstić information content (AvgIpc) is 1.80. The summed E-state index contributed by atoms with van der Waals surface area (Å²) in [5, 5.41) is 19.4. The van der Waals surface area contributed by atoms with Crippen LogP contribution in [0, 0.1) is 0 Å². The number of nitrogens with zero attached hydrogens (tertiary/aromatic N) is 1. The van der Waals surface area contributed by atoms with Gasteiger partial charge in [0.05, 0.1) is 11.2 Å². The lowest BCUT2D eigenvalue weighted by Crippen LogP contribution is -2.63. The number of hydrogen-bond acceptors (Lipinski definition) is 3. The summed E-state index contributed by atoms with van der Waals surface area (Å²) < 4.78 is 0. The van der Waals surface area contributed by atoms with Crippen LogP contribution in [0.25, 0.3) is 0 Å². The first-order valence-electron chi connectivity index (χ1n) is 5.02. The van der Waals surface area contributed by atoms with Gasteiger partial charge in [0, 0.05) is 19.6 Å². The molecule has 0 saturated carbocycles. The maximum Gasteiger partial charge on any atom is 0.0900 e. The highest BCUT2D eigenvalue weighted by Crippen LogP contribution is 2.26. The van der Waals surface area contributed by atoms with Crippen LogP contribution in [0.3, 0.4) is 0 Å². The molecule has 0 bridgehead atoms. The minimum absolute atomic E-state index is 0.472. The Bertz CT molecular complexity index is 168. The van der Waals surface area contributed by atoms with Gasteiger partial charge in [-0.1, -0.05) is 13.3 Å². The fourth-order valence-electron chi connectivity index (χ4n) is 2.07. The van der Waals surface area contributed by atoms with Crippen molar-refractivity contribution in [3.8, 4) is 0 Å². The average molecular weight is 187 g/mol. The van der Waals surface area contributed by atoms with Gasteiger partial charge in [0.25, 0.3) is 0 Å². The first-order chi connectivity index (χ1) is 5.85. The van der Waals surface area contributed by atoms with Gasteiger partial charge in [0.15, 0.2) is 0 Å². The Balaban J connectivity index is 2.25. The van der Waals surface area contributed by atoms with E-state index in [1.165, 1.54) is 0 Å². The van der Waals surface area contributed by atoms with Crippen molar-refractivity contribution in [2.75, 3.05) is 19.6 Å². The van der Waals surface area contributed by atoms with Crippen molar-refractivity contribution in [3.05, 3.63) is 0 Å². The molecular weight excluding hydrogens is 166 g/mol. The Morgan fingerprint density at radius 2 is 1.92 bits per heavy atom. The van der Waals surface area contributed by atoms with E-state index in [2.05, 4.69) is 11.8 Å². The number of likely N-dealkylation sites (tertiary alicyclic amines) is 1. The van der Waals surface area contributed by atoms with Crippen molar-refractivity contribution in [1.29, 1.82) is 0 Å². The molecule has 0 aromatic heterocycles. The number of β-amino-alcohol motifs (C(OH)–C–C–N with tert-alkyl or cyclic N) is 2. The SMILES string of the molecule is CCCC1(O)CN(CC(C)(C)O)C1. The third-order valence-corrected chi connectivity index (χ3v) is 2.36. The molecule has 1 heterocycles.